The van der Waals surface area contributed by atoms with Crippen LogP contribution in [0.15, 0.2) is 127 Å². The summed E-state index contributed by atoms with van der Waals surface area (Å²) in [7, 11) is -1.96. The molecular weight excluding hydrogens is 669 g/mol. The van der Waals surface area contributed by atoms with Crippen LogP contribution in [-0.2, 0) is 34.7 Å². The van der Waals surface area contributed by atoms with Gasteiger partial charge in [-0.25, -0.2) is 4.79 Å². The molecule has 1 N–H and O–H groups in total. The minimum absolute atomic E-state index is 0.127. The smallest absolute Gasteiger partial charge is 0.373 e. The van der Waals surface area contributed by atoms with Crippen LogP contribution in [0.3, 0.4) is 0 Å². The molecule has 3 atom stereocenters. The fourth-order valence-electron chi connectivity index (χ4n) is 7.03. The van der Waals surface area contributed by atoms with Crippen molar-refractivity contribution in [2.75, 3.05) is 20.2 Å². The molecule has 9 heteroatoms. The number of ether oxygens (including phenoxy) is 2. The summed E-state index contributed by atoms with van der Waals surface area (Å²) >= 11 is 0. The van der Waals surface area contributed by atoms with Crippen LogP contribution >= 0.6 is 0 Å². The van der Waals surface area contributed by atoms with Crippen LogP contribution in [0.1, 0.15) is 46.6 Å². The Morgan fingerprint density at radius 3 is 1.83 bits per heavy atom. The number of rotatable bonds is 13. The van der Waals surface area contributed by atoms with Gasteiger partial charge in [0.05, 0.1) is 13.2 Å². The topological polar surface area (TPSA) is 94.2 Å². The molecule has 1 aliphatic rings. The number of carbonyl (C=O) groups is 3. The summed E-state index contributed by atoms with van der Waals surface area (Å²) in [5.41, 5.74) is 3.34. The van der Waals surface area contributed by atoms with E-state index >= 15 is 0 Å². The number of methoxy groups -OCH3 is 1. The highest BCUT2D eigenvalue weighted by atomic mass is 28.4. The Labute approximate surface area is 308 Å². The van der Waals surface area contributed by atoms with E-state index in [1.807, 2.05) is 61.5 Å². The molecule has 0 spiro atoms. The Kier molecular flexibility index (Phi) is 12.5. The lowest BCUT2D eigenvalue weighted by Crippen LogP contribution is -2.70. The summed E-state index contributed by atoms with van der Waals surface area (Å²) in [6, 6.07) is 37.8. The average molecular weight is 719 g/mol. The molecule has 0 saturated carbocycles. The molecule has 0 fully saturated rings. The summed E-state index contributed by atoms with van der Waals surface area (Å²) in [5, 5.41) is 4.61. The molecular formula is C43H50N2O6Si. The van der Waals surface area contributed by atoms with E-state index in [0.29, 0.717) is 25.9 Å². The molecule has 0 aliphatic carbocycles. The Morgan fingerprint density at radius 2 is 1.33 bits per heavy atom. The number of benzene rings is 4. The average Bonchev–Trinajstić information content (AvgIpc) is 3.16. The van der Waals surface area contributed by atoms with Crippen LogP contribution in [-0.4, -0.2) is 69.5 Å². The third-order valence-corrected chi connectivity index (χ3v) is 14.5. The quantitative estimate of drug-likeness (QED) is 0.134. The Morgan fingerprint density at radius 1 is 0.788 bits per heavy atom. The summed E-state index contributed by atoms with van der Waals surface area (Å²) in [6.45, 7) is 10.7. The van der Waals surface area contributed by atoms with Crippen molar-refractivity contribution in [3.8, 4) is 11.1 Å². The van der Waals surface area contributed by atoms with Gasteiger partial charge in [0, 0.05) is 20.0 Å². The lowest BCUT2D eigenvalue weighted by molar-refractivity contribution is -0.152. The highest BCUT2D eigenvalue weighted by Crippen LogP contribution is 2.39. The number of hydrogen-bond donors (Lipinski definition) is 1. The van der Waals surface area contributed by atoms with Crippen molar-refractivity contribution < 1.29 is 28.3 Å². The van der Waals surface area contributed by atoms with E-state index in [1.165, 1.54) is 14.0 Å². The molecule has 0 radical (unpaired) electrons. The predicted molar refractivity (Wildman–Crippen MR) is 208 cm³/mol. The molecule has 4 aromatic rings. The van der Waals surface area contributed by atoms with E-state index < -0.39 is 37.6 Å². The first-order chi connectivity index (χ1) is 25.0. The van der Waals surface area contributed by atoms with Gasteiger partial charge in [0.2, 0.25) is 11.7 Å². The summed E-state index contributed by atoms with van der Waals surface area (Å²) in [4.78, 5) is 42.5. The molecule has 8 nitrogen and oxygen atoms in total. The first kappa shape index (κ1) is 38.2. The molecule has 0 aromatic heterocycles. The Balaban J connectivity index is 1.52. The van der Waals surface area contributed by atoms with E-state index in [9.17, 15) is 14.4 Å². The molecule has 272 valence electrons. The third kappa shape index (κ3) is 8.54. The van der Waals surface area contributed by atoms with Gasteiger partial charge < -0.3 is 24.1 Å². The second-order valence-electron chi connectivity index (χ2n) is 14.2. The molecule has 0 saturated heterocycles. The molecule has 2 amide bonds. The Bertz CT molecular complexity index is 1790. The summed E-state index contributed by atoms with van der Waals surface area (Å²) in [5.74, 6) is -1.54. The maximum atomic E-state index is 14.7. The van der Waals surface area contributed by atoms with Gasteiger partial charge in [-0.3, -0.25) is 9.59 Å². The fourth-order valence-corrected chi connectivity index (χ4v) is 11.7. The van der Waals surface area contributed by atoms with Gasteiger partial charge in [-0.2, -0.15) is 0 Å². The zero-order valence-corrected chi connectivity index (χ0v) is 32.0. The highest BCUT2D eigenvalue weighted by molar-refractivity contribution is 6.99. The van der Waals surface area contributed by atoms with Crippen molar-refractivity contribution in [1.29, 1.82) is 0 Å². The highest BCUT2D eigenvalue weighted by Gasteiger charge is 2.54. The van der Waals surface area contributed by atoms with Gasteiger partial charge in [-0.05, 0) is 51.0 Å². The standard InChI is InChI=1S/C43H50N2O6Si/c1-7-28-45(29-27-32-23-25-34(26-24-32)33-17-11-8-12-18-33)41(47)40-39(44-31(2)46)37(30-38(50-40)42(48)49-6)51-52(43(3,4)5,35-19-13-9-14-20-35)36-21-15-10-16-22-36/h8-26,30,37,39-40H,7,27-29H2,1-6H3,(H,44,46)/t37-,39+,40+/m0/s1. The van der Waals surface area contributed by atoms with Gasteiger partial charge in [0.15, 0.2) is 6.10 Å². The SMILES string of the molecule is CCCN(CCc1ccc(-c2ccccc2)cc1)C(=O)[C@@H]1OC(C(=O)OC)=C[C@H](O[Si](c2ccccc2)(c2ccccc2)C(C)(C)C)[C@H]1NC(C)=O. The first-order valence-corrected chi connectivity index (χ1v) is 19.8. The lowest BCUT2D eigenvalue weighted by atomic mass is 9.98. The van der Waals surface area contributed by atoms with E-state index in [0.717, 1.165) is 27.1 Å². The summed E-state index contributed by atoms with van der Waals surface area (Å²) in [6.07, 6.45) is 0.714. The minimum Gasteiger partial charge on any atom is -0.471 e. The number of nitrogens with one attached hydrogen (secondary N) is 1. The number of hydrogen-bond acceptors (Lipinski definition) is 6. The maximum Gasteiger partial charge on any atom is 0.373 e. The minimum atomic E-state index is -3.23. The van der Waals surface area contributed by atoms with Crippen LogP contribution in [0.4, 0.5) is 0 Å². The number of carbonyl (C=O) groups excluding carboxylic acids is 3. The molecule has 4 aromatic carbocycles. The number of nitrogens with zero attached hydrogens (tertiary/aromatic N) is 1. The lowest BCUT2D eigenvalue weighted by Gasteiger charge is -2.47. The van der Waals surface area contributed by atoms with E-state index in [-0.39, 0.29) is 17.6 Å². The third-order valence-electron chi connectivity index (χ3n) is 9.52. The molecule has 52 heavy (non-hydrogen) atoms. The van der Waals surface area contributed by atoms with E-state index in [4.69, 9.17) is 13.9 Å². The fraction of sp³-hybridized carbons (Fsp3) is 0.326. The monoisotopic (exact) mass is 718 g/mol. The van der Waals surface area contributed by atoms with Gasteiger partial charge in [0.25, 0.3) is 14.2 Å². The van der Waals surface area contributed by atoms with E-state index in [2.05, 4.69) is 86.8 Å². The number of amides is 2. The molecule has 0 bridgehead atoms. The maximum absolute atomic E-state index is 14.7. The van der Waals surface area contributed by atoms with Crippen molar-refractivity contribution >= 4 is 36.5 Å². The van der Waals surface area contributed by atoms with E-state index in [1.54, 1.807) is 11.0 Å². The van der Waals surface area contributed by atoms with Crippen molar-refractivity contribution in [1.82, 2.24) is 10.2 Å². The predicted octanol–water partition coefficient (Wildman–Crippen LogP) is 6.04. The van der Waals surface area contributed by atoms with Gasteiger partial charge in [-0.1, -0.05) is 143 Å². The van der Waals surface area contributed by atoms with Crippen LogP contribution in [0.5, 0.6) is 0 Å². The second-order valence-corrected chi connectivity index (χ2v) is 18.4. The zero-order chi connectivity index (χ0) is 37.3. The second kappa shape index (κ2) is 17.0. The molecule has 1 aliphatic heterocycles. The van der Waals surface area contributed by atoms with Crippen LogP contribution in [0, 0.1) is 0 Å². The van der Waals surface area contributed by atoms with Gasteiger partial charge in [0.1, 0.15) is 6.04 Å². The van der Waals surface area contributed by atoms with Crippen molar-refractivity contribution in [2.45, 2.75) is 70.7 Å². The van der Waals surface area contributed by atoms with Crippen LogP contribution in [0.2, 0.25) is 5.04 Å². The van der Waals surface area contributed by atoms with Crippen molar-refractivity contribution in [3.05, 3.63) is 133 Å². The first-order valence-electron chi connectivity index (χ1n) is 17.9. The van der Waals surface area contributed by atoms with Crippen molar-refractivity contribution in [3.63, 3.8) is 0 Å². The van der Waals surface area contributed by atoms with Gasteiger partial charge >= 0.3 is 5.97 Å². The van der Waals surface area contributed by atoms with Gasteiger partial charge in [-0.15, -0.1) is 0 Å². The van der Waals surface area contributed by atoms with Crippen molar-refractivity contribution in [2.24, 2.45) is 0 Å². The largest absolute Gasteiger partial charge is 0.471 e. The molecule has 0 unspecified atom stereocenters. The Hall–Kier alpha value is -4.99. The van der Waals surface area contributed by atoms with Crippen LogP contribution in [0.25, 0.3) is 11.1 Å². The van der Waals surface area contributed by atoms with Crippen LogP contribution < -0.4 is 15.7 Å². The normalized spacial score (nSPS) is 17.3. The summed E-state index contributed by atoms with van der Waals surface area (Å²) < 4.78 is 18.8. The number of esters is 1. The molecule has 1 heterocycles. The molecule has 5 rings (SSSR count). The zero-order valence-electron chi connectivity index (χ0n) is 31.0.